The van der Waals surface area contributed by atoms with Gasteiger partial charge in [-0.1, -0.05) is 24.3 Å². The van der Waals surface area contributed by atoms with Crippen LogP contribution in [0.1, 0.15) is 24.0 Å². The molecule has 2 rings (SSSR count). The Balaban J connectivity index is 1.98. The molecule has 118 valence electrons. The second kappa shape index (κ2) is 6.87. The zero-order chi connectivity index (χ0) is 15.5. The van der Waals surface area contributed by atoms with Gasteiger partial charge in [-0.25, -0.2) is 12.7 Å². The summed E-state index contributed by atoms with van der Waals surface area (Å²) < 4.78 is 26.6. The van der Waals surface area contributed by atoms with Crippen molar-refractivity contribution in [1.82, 2.24) is 9.21 Å². The molecule has 1 aromatic carbocycles. The highest BCUT2D eigenvalue weighted by molar-refractivity contribution is 7.88. The molecule has 5 nitrogen and oxygen atoms in total. The Kier molecular flexibility index (Phi) is 5.37. The number of rotatable bonds is 5. The summed E-state index contributed by atoms with van der Waals surface area (Å²) in [6.07, 6.45) is 1.80. The first-order valence-electron chi connectivity index (χ1n) is 7.34. The van der Waals surface area contributed by atoms with Crippen molar-refractivity contribution in [2.75, 3.05) is 27.2 Å². The number of nitrogens with two attached hydrogens (primary N) is 1. The Morgan fingerprint density at radius 1 is 1.14 bits per heavy atom. The number of hydrogen-bond donors (Lipinski definition) is 1. The third-order valence-corrected chi connectivity index (χ3v) is 6.00. The first-order chi connectivity index (χ1) is 9.92. The molecule has 0 unspecified atom stereocenters. The average Bonchev–Trinajstić information content (AvgIpc) is 2.48. The van der Waals surface area contributed by atoms with Crippen LogP contribution in [0.4, 0.5) is 0 Å². The third kappa shape index (κ3) is 4.26. The lowest BCUT2D eigenvalue weighted by atomic mass is 10.1. The van der Waals surface area contributed by atoms with E-state index in [2.05, 4.69) is 4.90 Å². The minimum Gasteiger partial charge on any atom is -0.326 e. The van der Waals surface area contributed by atoms with E-state index in [0.717, 1.165) is 24.0 Å². The summed E-state index contributed by atoms with van der Waals surface area (Å²) in [5, 5.41) is 0. The van der Waals surface area contributed by atoms with E-state index in [1.807, 2.05) is 38.4 Å². The highest BCUT2D eigenvalue weighted by Gasteiger charge is 2.28. The van der Waals surface area contributed by atoms with Crippen molar-refractivity contribution in [3.05, 3.63) is 35.4 Å². The maximum absolute atomic E-state index is 12.5. The maximum atomic E-state index is 12.5. The standard InChI is InChI=1S/C15H25N3O2S/c1-17(2)15-7-9-18(10-8-15)21(19,20)12-14-5-3-13(11-16)4-6-14/h3-6,15H,7-12,16H2,1-2H3. The fourth-order valence-electron chi connectivity index (χ4n) is 2.71. The van der Waals surface area contributed by atoms with E-state index in [1.165, 1.54) is 0 Å². The lowest BCUT2D eigenvalue weighted by molar-refractivity contribution is 0.196. The van der Waals surface area contributed by atoms with Crippen LogP contribution in [-0.4, -0.2) is 50.8 Å². The van der Waals surface area contributed by atoms with E-state index < -0.39 is 10.0 Å². The molecule has 1 aromatic rings. The normalized spacial score (nSPS) is 18.3. The van der Waals surface area contributed by atoms with Crippen LogP contribution < -0.4 is 5.73 Å². The third-order valence-electron chi connectivity index (χ3n) is 4.15. The van der Waals surface area contributed by atoms with E-state index in [-0.39, 0.29) is 5.75 Å². The first-order valence-corrected chi connectivity index (χ1v) is 8.95. The predicted octanol–water partition coefficient (Wildman–Crippen LogP) is 1.00. The highest BCUT2D eigenvalue weighted by Crippen LogP contribution is 2.19. The molecule has 21 heavy (non-hydrogen) atoms. The molecule has 1 aliphatic rings. The second-order valence-corrected chi connectivity index (χ2v) is 7.84. The van der Waals surface area contributed by atoms with Gasteiger partial charge in [0.15, 0.2) is 0 Å². The molecule has 1 fully saturated rings. The molecule has 0 aromatic heterocycles. The summed E-state index contributed by atoms with van der Waals surface area (Å²) in [6.45, 7) is 1.71. The number of nitrogens with zero attached hydrogens (tertiary/aromatic N) is 2. The van der Waals surface area contributed by atoms with Crippen LogP contribution in [0.15, 0.2) is 24.3 Å². The van der Waals surface area contributed by atoms with E-state index in [0.29, 0.717) is 25.7 Å². The molecule has 6 heteroatoms. The lowest BCUT2D eigenvalue weighted by Crippen LogP contribution is -2.44. The van der Waals surface area contributed by atoms with Crippen molar-refractivity contribution in [3.8, 4) is 0 Å². The van der Waals surface area contributed by atoms with Crippen molar-refractivity contribution in [1.29, 1.82) is 0 Å². The van der Waals surface area contributed by atoms with Crippen LogP contribution in [0.5, 0.6) is 0 Å². The predicted molar refractivity (Wildman–Crippen MR) is 85.2 cm³/mol. The van der Waals surface area contributed by atoms with Crippen LogP contribution in [-0.2, 0) is 22.3 Å². The fourth-order valence-corrected chi connectivity index (χ4v) is 4.27. The smallest absolute Gasteiger partial charge is 0.218 e. The molecule has 0 radical (unpaired) electrons. The van der Waals surface area contributed by atoms with Gasteiger partial charge in [0.1, 0.15) is 0 Å². The van der Waals surface area contributed by atoms with E-state index in [4.69, 9.17) is 5.73 Å². The van der Waals surface area contributed by atoms with E-state index in [1.54, 1.807) is 4.31 Å². The van der Waals surface area contributed by atoms with Crippen LogP contribution >= 0.6 is 0 Å². The molecule has 1 saturated heterocycles. The zero-order valence-electron chi connectivity index (χ0n) is 12.8. The largest absolute Gasteiger partial charge is 0.326 e. The van der Waals surface area contributed by atoms with E-state index in [9.17, 15) is 8.42 Å². The van der Waals surface area contributed by atoms with Gasteiger partial charge >= 0.3 is 0 Å². The van der Waals surface area contributed by atoms with Crippen LogP contribution in [0.3, 0.4) is 0 Å². The monoisotopic (exact) mass is 311 g/mol. The maximum Gasteiger partial charge on any atom is 0.218 e. The SMILES string of the molecule is CN(C)C1CCN(S(=O)(=O)Cc2ccc(CN)cc2)CC1. The molecule has 1 heterocycles. The molecule has 0 aliphatic carbocycles. The van der Waals surface area contributed by atoms with E-state index >= 15 is 0 Å². The van der Waals surface area contributed by atoms with Gasteiger partial charge in [0.2, 0.25) is 10.0 Å². The molecule has 0 bridgehead atoms. The molecule has 1 aliphatic heterocycles. The molecular weight excluding hydrogens is 286 g/mol. The van der Waals surface area contributed by atoms with Gasteiger partial charge < -0.3 is 10.6 Å². The Hall–Kier alpha value is -0.950. The van der Waals surface area contributed by atoms with Gasteiger partial charge in [-0.05, 0) is 38.1 Å². The Bertz CT molecular complexity index is 547. The summed E-state index contributed by atoms with van der Waals surface area (Å²) in [6, 6.07) is 7.98. The number of benzene rings is 1. The van der Waals surface area contributed by atoms with Gasteiger partial charge in [0.25, 0.3) is 0 Å². The van der Waals surface area contributed by atoms with Crippen molar-refractivity contribution in [2.24, 2.45) is 5.73 Å². The molecule has 0 spiro atoms. The first kappa shape index (κ1) is 16.4. The topological polar surface area (TPSA) is 66.6 Å². The van der Waals surface area contributed by atoms with Gasteiger partial charge in [0, 0.05) is 25.7 Å². The van der Waals surface area contributed by atoms with Crippen LogP contribution in [0, 0.1) is 0 Å². The van der Waals surface area contributed by atoms with Crippen molar-refractivity contribution < 1.29 is 8.42 Å². The Morgan fingerprint density at radius 3 is 2.14 bits per heavy atom. The lowest BCUT2D eigenvalue weighted by Gasteiger charge is -2.34. The number of sulfonamides is 1. The minimum atomic E-state index is -3.22. The average molecular weight is 311 g/mol. The van der Waals surface area contributed by atoms with Gasteiger partial charge in [-0.3, -0.25) is 0 Å². The summed E-state index contributed by atoms with van der Waals surface area (Å²) in [5.41, 5.74) is 7.39. The minimum absolute atomic E-state index is 0.0739. The summed E-state index contributed by atoms with van der Waals surface area (Å²) >= 11 is 0. The molecule has 0 saturated carbocycles. The van der Waals surface area contributed by atoms with Crippen molar-refractivity contribution in [3.63, 3.8) is 0 Å². The fraction of sp³-hybridized carbons (Fsp3) is 0.600. The summed E-state index contributed by atoms with van der Waals surface area (Å²) in [4.78, 5) is 2.18. The van der Waals surface area contributed by atoms with Crippen molar-refractivity contribution in [2.45, 2.75) is 31.2 Å². The molecular formula is C15H25N3O2S. The van der Waals surface area contributed by atoms with Gasteiger partial charge in [-0.15, -0.1) is 0 Å². The Labute approximate surface area is 127 Å². The van der Waals surface area contributed by atoms with Gasteiger partial charge in [0.05, 0.1) is 5.75 Å². The zero-order valence-corrected chi connectivity index (χ0v) is 13.6. The van der Waals surface area contributed by atoms with Gasteiger partial charge in [-0.2, -0.15) is 0 Å². The highest BCUT2D eigenvalue weighted by atomic mass is 32.2. The second-order valence-electron chi connectivity index (χ2n) is 5.87. The molecule has 0 atom stereocenters. The van der Waals surface area contributed by atoms with Crippen LogP contribution in [0.25, 0.3) is 0 Å². The number of piperidine rings is 1. The Morgan fingerprint density at radius 2 is 1.67 bits per heavy atom. The number of hydrogen-bond acceptors (Lipinski definition) is 4. The molecule has 0 amide bonds. The van der Waals surface area contributed by atoms with Crippen molar-refractivity contribution >= 4 is 10.0 Å². The summed E-state index contributed by atoms with van der Waals surface area (Å²) in [5.74, 6) is 0.0739. The summed E-state index contributed by atoms with van der Waals surface area (Å²) in [7, 11) is 0.877. The van der Waals surface area contributed by atoms with Crippen LogP contribution in [0.2, 0.25) is 0 Å². The molecule has 2 N–H and O–H groups in total. The quantitative estimate of drug-likeness (QED) is 0.881.